The fourth-order valence-electron chi connectivity index (χ4n) is 2.93. The molecule has 2 aromatic carbocycles. The van der Waals surface area contributed by atoms with Crippen LogP contribution in [0.5, 0.6) is 17.2 Å². The maximum Gasteiger partial charge on any atom is 0.203 e. The summed E-state index contributed by atoms with van der Waals surface area (Å²) in [6.45, 7) is 3.96. The second kappa shape index (κ2) is 13.9. The molecule has 0 spiro atoms. The average Bonchev–Trinajstić information content (AvgIpc) is 2.74. The first-order chi connectivity index (χ1) is 14.1. The number of methoxy groups -OCH3 is 3. The van der Waals surface area contributed by atoms with Gasteiger partial charge in [-0.3, -0.25) is 0 Å². The van der Waals surface area contributed by atoms with E-state index in [0.717, 1.165) is 43.0 Å². The fraction of sp³-hybridized carbons (Fsp3) is 0.409. The summed E-state index contributed by atoms with van der Waals surface area (Å²) in [6.07, 6.45) is 1.68. The molecule has 0 fully saturated rings. The normalized spacial score (nSPS) is 10.8. The zero-order valence-corrected chi connectivity index (χ0v) is 20.3. The van der Waals surface area contributed by atoms with Crippen molar-refractivity contribution in [1.29, 1.82) is 0 Å². The van der Waals surface area contributed by atoms with E-state index in [1.165, 1.54) is 6.07 Å². The summed E-state index contributed by atoms with van der Waals surface area (Å²) in [5.74, 6) is 2.29. The summed E-state index contributed by atoms with van der Waals surface area (Å²) in [5.41, 5.74) is 1.93. The van der Waals surface area contributed by atoms with Gasteiger partial charge in [0.25, 0.3) is 0 Å². The lowest BCUT2D eigenvalue weighted by atomic mass is 10.1. The molecule has 0 bridgehead atoms. The van der Waals surface area contributed by atoms with E-state index in [0.29, 0.717) is 23.8 Å². The van der Waals surface area contributed by atoms with Crippen LogP contribution < -0.4 is 24.8 Å². The third kappa shape index (κ3) is 7.89. The van der Waals surface area contributed by atoms with Gasteiger partial charge in [0.05, 0.1) is 27.9 Å². The minimum Gasteiger partial charge on any atom is -0.493 e. The molecular formula is C22H31FIN3O3. The van der Waals surface area contributed by atoms with E-state index in [4.69, 9.17) is 14.2 Å². The van der Waals surface area contributed by atoms with Crippen molar-refractivity contribution >= 4 is 29.9 Å². The van der Waals surface area contributed by atoms with Crippen LogP contribution in [0.2, 0.25) is 0 Å². The van der Waals surface area contributed by atoms with Crippen molar-refractivity contribution in [3.05, 3.63) is 53.3 Å². The largest absolute Gasteiger partial charge is 0.493 e. The molecule has 8 heteroatoms. The van der Waals surface area contributed by atoms with Gasteiger partial charge in [-0.25, -0.2) is 9.38 Å². The number of nitrogens with one attached hydrogen (secondary N) is 2. The van der Waals surface area contributed by atoms with Crippen molar-refractivity contribution in [2.24, 2.45) is 4.99 Å². The molecule has 0 saturated heterocycles. The predicted molar refractivity (Wildman–Crippen MR) is 129 cm³/mol. The molecule has 0 aromatic heterocycles. The first-order valence-corrected chi connectivity index (χ1v) is 9.66. The molecule has 0 heterocycles. The van der Waals surface area contributed by atoms with Gasteiger partial charge in [-0.15, -0.1) is 24.0 Å². The van der Waals surface area contributed by atoms with E-state index in [1.807, 2.05) is 25.1 Å². The van der Waals surface area contributed by atoms with Gasteiger partial charge in [0.2, 0.25) is 5.75 Å². The van der Waals surface area contributed by atoms with Crippen LogP contribution in [0.15, 0.2) is 41.4 Å². The summed E-state index contributed by atoms with van der Waals surface area (Å²) in [6, 6.07) is 10.5. The predicted octanol–water partition coefficient (Wildman–Crippen LogP) is 4.16. The van der Waals surface area contributed by atoms with Crippen molar-refractivity contribution < 1.29 is 18.6 Å². The summed E-state index contributed by atoms with van der Waals surface area (Å²) in [5, 5.41) is 6.55. The van der Waals surface area contributed by atoms with Crippen LogP contribution in [-0.4, -0.2) is 40.4 Å². The number of halogens is 2. The number of guanidine groups is 1. The number of hydrogen-bond donors (Lipinski definition) is 2. The Labute approximate surface area is 195 Å². The van der Waals surface area contributed by atoms with E-state index < -0.39 is 0 Å². The van der Waals surface area contributed by atoms with Gasteiger partial charge in [-0.2, -0.15) is 0 Å². The third-order valence-electron chi connectivity index (χ3n) is 4.31. The Morgan fingerprint density at radius 3 is 2.23 bits per heavy atom. The van der Waals surface area contributed by atoms with Gasteiger partial charge < -0.3 is 24.8 Å². The van der Waals surface area contributed by atoms with Gasteiger partial charge in [0.15, 0.2) is 17.5 Å². The highest BCUT2D eigenvalue weighted by Crippen LogP contribution is 2.38. The van der Waals surface area contributed by atoms with Crippen molar-refractivity contribution in [3.63, 3.8) is 0 Å². The van der Waals surface area contributed by atoms with E-state index in [1.54, 1.807) is 33.5 Å². The molecule has 0 amide bonds. The zero-order chi connectivity index (χ0) is 21.1. The Bertz CT molecular complexity index is 793. The number of benzene rings is 2. The standard InChI is InChI=1S/C22H30FN3O3.HI/c1-5-24-22(25-11-7-9-16-8-6-10-18(23)12-16)26-15-17-13-19(27-2)21(29-4)20(14-17)28-3;/h6,8,10,12-14H,5,7,9,11,15H2,1-4H3,(H2,24,25,26);1H. The van der Waals surface area contributed by atoms with Crippen molar-refractivity contribution in [3.8, 4) is 17.2 Å². The summed E-state index contributed by atoms with van der Waals surface area (Å²) < 4.78 is 29.4. The van der Waals surface area contributed by atoms with E-state index >= 15 is 0 Å². The molecule has 30 heavy (non-hydrogen) atoms. The molecule has 0 aliphatic rings. The van der Waals surface area contributed by atoms with Crippen LogP contribution in [0.3, 0.4) is 0 Å². The minimum atomic E-state index is -0.198. The van der Waals surface area contributed by atoms with Crippen LogP contribution in [0.25, 0.3) is 0 Å². The fourth-order valence-corrected chi connectivity index (χ4v) is 2.93. The van der Waals surface area contributed by atoms with Gasteiger partial charge in [0.1, 0.15) is 5.82 Å². The van der Waals surface area contributed by atoms with Crippen molar-refractivity contribution in [2.45, 2.75) is 26.3 Å². The van der Waals surface area contributed by atoms with Crippen LogP contribution in [0.1, 0.15) is 24.5 Å². The maximum atomic E-state index is 13.3. The first kappa shape index (κ1) is 25.8. The molecule has 166 valence electrons. The Morgan fingerprint density at radius 1 is 0.967 bits per heavy atom. The van der Waals surface area contributed by atoms with E-state index in [9.17, 15) is 4.39 Å². The molecular weight excluding hydrogens is 500 g/mol. The van der Waals surface area contributed by atoms with Crippen LogP contribution in [0.4, 0.5) is 4.39 Å². The molecule has 6 nitrogen and oxygen atoms in total. The molecule has 0 atom stereocenters. The van der Waals surface area contributed by atoms with E-state index in [-0.39, 0.29) is 29.8 Å². The Kier molecular flexibility index (Phi) is 12.0. The topological polar surface area (TPSA) is 64.1 Å². The molecule has 2 N–H and O–H groups in total. The lowest BCUT2D eigenvalue weighted by Gasteiger charge is -2.14. The second-order valence-electron chi connectivity index (χ2n) is 6.39. The first-order valence-electron chi connectivity index (χ1n) is 9.66. The molecule has 2 rings (SSSR count). The number of hydrogen-bond acceptors (Lipinski definition) is 4. The highest BCUT2D eigenvalue weighted by Gasteiger charge is 2.13. The Hall–Kier alpha value is -2.23. The van der Waals surface area contributed by atoms with E-state index in [2.05, 4.69) is 15.6 Å². The average molecular weight is 531 g/mol. The molecule has 0 unspecified atom stereocenters. The molecule has 0 saturated carbocycles. The number of rotatable bonds is 10. The number of nitrogens with zero attached hydrogens (tertiary/aromatic N) is 1. The van der Waals surface area contributed by atoms with Crippen molar-refractivity contribution in [1.82, 2.24) is 10.6 Å². The van der Waals surface area contributed by atoms with Gasteiger partial charge in [-0.05, 0) is 55.2 Å². The molecule has 2 aromatic rings. The summed E-state index contributed by atoms with van der Waals surface area (Å²) in [7, 11) is 4.76. The Balaban J connectivity index is 0.00000450. The third-order valence-corrected chi connectivity index (χ3v) is 4.31. The quantitative estimate of drug-likeness (QED) is 0.209. The Morgan fingerprint density at radius 2 is 1.67 bits per heavy atom. The van der Waals surface area contributed by atoms with Gasteiger partial charge in [0, 0.05) is 13.1 Å². The lowest BCUT2D eigenvalue weighted by Crippen LogP contribution is -2.37. The van der Waals surface area contributed by atoms with Crippen LogP contribution in [-0.2, 0) is 13.0 Å². The monoisotopic (exact) mass is 531 g/mol. The zero-order valence-electron chi connectivity index (χ0n) is 18.0. The second-order valence-corrected chi connectivity index (χ2v) is 6.39. The van der Waals surface area contributed by atoms with Crippen LogP contribution >= 0.6 is 24.0 Å². The maximum absolute atomic E-state index is 13.3. The number of aliphatic imine (C=N–C) groups is 1. The number of ether oxygens (including phenoxy) is 3. The highest BCUT2D eigenvalue weighted by atomic mass is 127. The smallest absolute Gasteiger partial charge is 0.203 e. The SMILES string of the molecule is CCNC(=NCc1cc(OC)c(OC)c(OC)c1)NCCCc1cccc(F)c1.I. The molecule has 0 aliphatic heterocycles. The minimum absolute atomic E-state index is 0. The highest BCUT2D eigenvalue weighted by molar-refractivity contribution is 14.0. The van der Waals surface area contributed by atoms with Crippen molar-refractivity contribution in [2.75, 3.05) is 34.4 Å². The van der Waals surface area contributed by atoms with Gasteiger partial charge >= 0.3 is 0 Å². The summed E-state index contributed by atoms with van der Waals surface area (Å²) >= 11 is 0. The molecule has 0 radical (unpaired) electrons. The number of aryl methyl sites for hydroxylation is 1. The summed E-state index contributed by atoms with van der Waals surface area (Å²) in [4.78, 5) is 4.63. The van der Waals surface area contributed by atoms with Gasteiger partial charge in [-0.1, -0.05) is 12.1 Å². The van der Waals surface area contributed by atoms with Crippen LogP contribution in [0, 0.1) is 5.82 Å². The lowest BCUT2D eigenvalue weighted by molar-refractivity contribution is 0.324. The molecule has 0 aliphatic carbocycles.